The number of amides is 1. The van der Waals surface area contributed by atoms with Gasteiger partial charge in [-0.3, -0.25) is 14.6 Å². The number of benzene rings is 1. The average Bonchev–Trinajstić information content (AvgIpc) is 2.57. The first-order valence-corrected chi connectivity index (χ1v) is 8.51. The number of hydrogen-bond acceptors (Lipinski definition) is 4. The highest BCUT2D eigenvalue weighted by atomic mass is 16.3. The Balaban J connectivity index is 1.72. The molecular weight excluding hydrogens is 290 g/mol. The van der Waals surface area contributed by atoms with Crippen LogP contribution in [0, 0.1) is 6.92 Å². The van der Waals surface area contributed by atoms with E-state index in [9.17, 15) is 4.79 Å². The summed E-state index contributed by atoms with van der Waals surface area (Å²) in [5.41, 5.74) is 2.56. The molecule has 0 aliphatic carbocycles. The third-order valence-electron chi connectivity index (χ3n) is 4.71. The van der Waals surface area contributed by atoms with E-state index in [1.807, 2.05) is 19.1 Å². The monoisotopic (exact) mass is 319 g/mol. The Morgan fingerprint density at radius 2 is 1.96 bits per heavy atom. The lowest BCUT2D eigenvalue weighted by Gasteiger charge is -2.37. The van der Waals surface area contributed by atoms with Gasteiger partial charge in [0.1, 0.15) is 0 Å². The summed E-state index contributed by atoms with van der Waals surface area (Å²) in [4.78, 5) is 16.8. The van der Waals surface area contributed by atoms with E-state index in [4.69, 9.17) is 5.11 Å². The number of aryl methyl sites for hydroxylation is 1. The maximum Gasteiger partial charge on any atom is 0.237 e. The summed E-state index contributed by atoms with van der Waals surface area (Å²) in [5, 5.41) is 12.0. The first-order chi connectivity index (χ1) is 11.1. The van der Waals surface area contributed by atoms with Crippen LogP contribution in [0.25, 0.3) is 0 Å². The molecule has 1 aliphatic heterocycles. The van der Waals surface area contributed by atoms with Crippen LogP contribution < -0.4 is 5.32 Å². The van der Waals surface area contributed by atoms with Gasteiger partial charge in [0.25, 0.3) is 0 Å². The Bertz CT molecular complexity index is 499. The van der Waals surface area contributed by atoms with Crippen molar-refractivity contribution in [2.75, 3.05) is 45.9 Å². The standard InChI is InChI=1S/C18H29N3O2/c1-15-5-3-4-6-17(15)7-8-19-18(23)16(2)21-11-9-20(10-12-21)13-14-22/h3-6,16,22H,7-14H2,1-2H3,(H,19,23). The quantitative estimate of drug-likeness (QED) is 0.775. The molecule has 1 heterocycles. The van der Waals surface area contributed by atoms with Crippen LogP contribution in [0.15, 0.2) is 24.3 Å². The summed E-state index contributed by atoms with van der Waals surface area (Å²) >= 11 is 0. The maximum atomic E-state index is 12.3. The number of β-amino-alcohol motifs (C(OH)–C–C–N with tert-alkyl or cyclic N) is 1. The number of rotatable bonds is 7. The number of piperazine rings is 1. The van der Waals surface area contributed by atoms with Crippen molar-refractivity contribution in [2.24, 2.45) is 0 Å². The van der Waals surface area contributed by atoms with Crippen molar-refractivity contribution in [3.63, 3.8) is 0 Å². The van der Waals surface area contributed by atoms with Crippen LogP contribution in [0.1, 0.15) is 18.1 Å². The summed E-state index contributed by atoms with van der Waals surface area (Å²) in [6, 6.07) is 8.20. The summed E-state index contributed by atoms with van der Waals surface area (Å²) in [5.74, 6) is 0.106. The van der Waals surface area contributed by atoms with E-state index in [-0.39, 0.29) is 18.6 Å². The fraction of sp³-hybridized carbons (Fsp3) is 0.611. The molecule has 0 spiro atoms. The molecule has 0 aromatic heterocycles. The van der Waals surface area contributed by atoms with Crippen molar-refractivity contribution in [3.05, 3.63) is 35.4 Å². The molecule has 1 aromatic carbocycles. The molecule has 5 heteroatoms. The third kappa shape index (κ3) is 5.30. The molecule has 1 amide bonds. The van der Waals surface area contributed by atoms with E-state index < -0.39 is 0 Å². The molecule has 23 heavy (non-hydrogen) atoms. The first-order valence-electron chi connectivity index (χ1n) is 8.51. The summed E-state index contributed by atoms with van der Waals surface area (Å²) in [7, 11) is 0. The van der Waals surface area contributed by atoms with Gasteiger partial charge in [-0.2, -0.15) is 0 Å². The fourth-order valence-corrected chi connectivity index (χ4v) is 3.04. The lowest BCUT2D eigenvalue weighted by atomic mass is 10.1. The SMILES string of the molecule is Cc1ccccc1CCNC(=O)C(C)N1CCN(CCO)CC1. The van der Waals surface area contributed by atoms with Crippen LogP contribution in [-0.2, 0) is 11.2 Å². The minimum atomic E-state index is -0.0943. The number of nitrogens with zero attached hydrogens (tertiary/aromatic N) is 2. The predicted molar refractivity (Wildman–Crippen MR) is 92.5 cm³/mol. The zero-order valence-corrected chi connectivity index (χ0v) is 14.3. The molecule has 1 aliphatic rings. The zero-order valence-electron chi connectivity index (χ0n) is 14.3. The second-order valence-electron chi connectivity index (χ2n) is 6.24. The smallest absolute Gasteiger partial charge is 0.237 e. The van der Waals surface area contributed by atoms with Crippen LogP contribution in [0.5, 0.6) is 0 Å². The van der Waals surface area contributed by atoms with Gasteiger partial charge in [0.15, 0.2) is 0 Å². The Kier molecular flexibility index (Phi) is 7.02. The molecule has 5 nitrogen and oxygen atoms in total. The average molecular weight is 319 g/mol. The van der Waals surface area contributed by atoms with E-state index in [1.54, 1.807) is 0 Å². The number of carbonyl (C=O) groups is 1. The molecule has 128 valence electrons. The maximum absolute atomic E-state index is 12.3. The van der Waals surface area contributed by atoms with Gasteiger partial charge in [0.05, 0.1) is 12.6 Å². The molecule has 0 saturated carbocycles. The van der Waals surface area contributed by atoms with Gasteiger partial charge >= 0.3 is 0 Å². The zero-order chi connectivity index (χ0) is 16.7. The van der Waals surface area contributed by atoms with Gasteiger partial charge < -0.3 is 10.4 Å². The molecule has 2 N–H and O–H groups in total. The Morgan fingerprint density at radius 3 is 2.61 bits per heavy atom. The summed E-state index contributed by atoms with van der Waals surface area (Å²) in [6.07, 6.45) is 0.870. The highest BCUT2D eigenvalue weighted by molar-refractivity contribution is 5.81. The number of hydrogen-bond donors (Lipinski definition) is 2. The van der Waals surface area contributed by atoms with Crippen molar-refractivity contribution >= 4 is 5.91 Å². The largest absolute Gasteiger partial charge is 0.395 e. The van der Waals surface area contributed by atoms with E-state index in [2.05, 4.69) is 34.2 Å². The molecular formula is C18H29N3O2. The summed E-state index contributed by atoms with van der Waals surface area (Å²) in [6.45, 7) is 9.29. The van der Waals surface area contributed by atoms with Gasteiger partial charge in [-0.1, -0.05) is 24.3 Å². The Labute approximate surface area is 139 Å². The van der Waals surface area contributed by atoms with E-state index in [0.717, 1.165) is 39.1 Å². The number of carbonyl (C=O) groups excluding carboxylic acids is 1. The van der Waals surface area contributed by atoms with E-state index in [0.29, 0.717) is 6.54 Å². The second-order valence-corrected chi connectivity index (χ2v) is 6.24. The topological polar surface area (TPSA) is 55.8 Å². The molecule has 0 radical (unpaired) electrons. The van der Waals surface area contributed by atoms with Crippen LogP contribution in [-0.4, -0.2) is 72.7 Å². The highest BCUT2D eigenvalue weighted by Gasteiger charge is 2.24. The normalized spacial score (nSPS) is 17.9. The van der Waals surface area contributed by atoms with E-state index in [1.165, 1.54) is 11.1 Å². The van der Waals surface area contributed by atoms with Crippen molar-refractivity contribution in [3.8, 4) is 0 Å². The van der Waals surface area contributed by atoms with Gasteiger partial charge in [-0.05, 0) is 31.4 Å². The lowest BCUT2D eigenvalue weighted by molar-refractivity contribution is -0.126. The van der Waals surface area contributed by atoms with Crippen LogP contribution in [0.2, 0.25) is 0 Å². The number of aliphatic hydroxyl groups excluding tert-OH is 1. The molecule has 1 atom stereocenters. The van der Waals surface area contributed by atoms with Gasteiger partial charge in [0.2, 0.25) is 5.91 Å². The molecule has 1 saturated heterocycles. The van der Waals surface area contributed by atoms with Crippen molar-refractivity contribution in [1.82, 2.24) is 15.1 Å². The van der Waals surface area contributed by atoms with Crippen molar-refractivity contribution < 1.29 is 9.90 Å². The second kappa shape index (κ2) is 9.01. The fourth-order valence-electron chi connectivity index (χ4n) is 3.04. The Hall–Kier alpha value is -1.43. The molecule has 0 bridgehead atoms. The van der Waals surface area contributed by atoms with Gasteiger partial charge in [-0.25, -0.2) is 0 Å². The predicted octanol–water partition coefficient (Wildman–Crippen LogP) is 0.652. The minimum Gasteiger partial charge on any atom is -0.395 e. The highest BCUT2D eigenvalue weighted by Crippen LogP contribution is 2.08. The van der Waals surface area contributed by atoms with Gasteiger partial charge in [-0.15, -0.1) is 0 Å². The molecule has 1 aromatic rings. The van der Waals surface area contributed by atoms with Crippen molar-refractivity contribution in [2.45, 2.75) is 26.3 Å². The molecule has 1 unspecified atom stereocenters. The van der Waals surface area contributed by atoms with Crippen LogP contribution >= 0.6 is 0 Å². The molecule has 1 fully saturated rings. The minimum absolute atomic E-state index is 0.0943. The number of nitrogens with one attached hydrogen (secondary N) is 1. The van der Waals surface area contributed by atoms with Crippen LogP contribution in [0.3, 0.4) is 0 Å². The Morgan fingerprint density at radius 1 is 1.26 bits per heavy atom. The van der Waals surface area contributed by atoms with E-state index >= 15 is 0 Å². The van der Waals surface area contributed by atoms with Crippen LogP contribution in [0.4, 0.5) is 0 Å². The molecule has 2 rings (SSSR count). The number of aliphatic hydroxyl groups is 1. The lowest BCUT2D eigenvalue weighted by Crippen LogP contribution is -2.54. The first kappa shape index (κ1) is 17.9. The van der Waals surface area contributed by atoms with Gasteiger partial charge in [0, 0.05) is 39.3 Å². The van der Waals surface area contributed by atoms with Crippen molar-refractivity contribution in [1.29, 1.82) is 0 Å². The third-order valence-corrected chi connectivity index (χ3v) is 4.71. The summed E-state index contributed by atoms with van der Waals surface area (Å²) < 4.78 is 0.